The van der Waals surface area contributed by atoms with E-state index in [-0.39, 0.29) is 18.1 Å². The number of rotatable bonds is 8. The van der Waals surface area contributed by atoms with Crippen LogP contribution in [0.2, 0.25) is 5.02 Å². The number of benzene rings is 2. The van der Waals surface area contributed by atoms with E-state index in [4.69, 9.17) is 21.4 Å². The van der Waals surface area contributed by atoms with Crippen LogP contribution in [0.25, 0.3) is 0 Å². The van der Waals surface area contributed by atoms with Gasteiger partial charge in [-0.25, -0.2) is 14.2 Å². The van der Waals surface area contributed by atoms with Crippen LogP contribution in [0, 0.1) is 5.82 Å². The normalized spacial score (nSPS) is 15.2. The highest BCUT2D eigenvalue weighted by Gasteiger charge is 2.35. The van der Waals surface area contributed by atoms with Crippen LogP contribution in [0.3, 0.4) is 0 Å². The highest BCUT2D eigenvalue weighted by atomic mass is 35.5. The minimum atomic E-state index is -1.10. The second-order valence-electron chi connectivity index (χ2n) is 7.71. The average molecular weight is 489 g/mol. The van der Waals surface area contributed by atoms with Crippen LogP contribution in [0.5, 0.6) is 5.75 Å². The van der Waals surface area contributed by atoms with Gasteiger partial charge in [0.15, 0.2) is 6.61 Å². The van der Waals surface area contributed by atoms with Gasteiger partial charge in [0.2, 0.25) is 5.91 Å². The summed E-state index contributed by atoms with van der Waals surface area (Å²) < 4.78 is 19.4. The molecule has 1 atom stereocenters. The molecular formula is C24H22ClFN2O4S. The Balaban J connectivity index is 1.59. The average Bonchev–Trinajstić information content (AvgIpc) is 3.27. The van der Waals surface area contributed by atoms with Gasteiger partial charge in [-0.2, -0.15) is 0 Å². The van der Waals surface area contributed by atoms with E-state index in [0.717, 1.165) is 10.6 Å². The highest BCUT2D eigenvalue weighted by Crippen LogP contribution is 2.42. The molecule has 1 aromatic heterocycles. The Morgan fingerprint density at radius 1 is 1.27 bits per heavy atom. The van der Waals surface area contributed by atoms with Gasteiger partial charge < -0.3 is 14.7 Å². The molecule has 4 rings (SSSR count). The van der Waals surface area contributed by atoms with Gasteiger partial charge in [-0.1, -0.05) is 29.8 Å². The lowest BCUT2D eigenvalue weighted by molar-refractivity contribution is -0.139. The molecule has 0 saturated carbocycles. The van der Waals surface area contributed by atoms with Crippen molar-refractivity contribution in [3.05, 3.63) is 80.5 Å². The van der Waals surface area contributed by atoms with Gasteiger partial charge in [0.1, 0.15) is 11.6 Å². The molecule has 9 heteroatoms. The van der Waals surface area contributed by atoms with Crippen LogP contribution in [-0.2, 0) is 22.4 Å². The van der Waals surface area contributed by atoms with E-state index >= 15 is 0 Å². The van der Waals surface area contributed by atoms with E-state index in [0.29, 0.717) is 47.7 Å². The van der Waals surface area contributed by atoms with Gasteiger partial charge in [-0.05, 0) is 42.7 Å². The summed E-state index contributed by atoms with van der Waals surface area (Å²) in [6.07, 6.45) is 1.86. The van der Waals surface area contributed by atoms with Gasteiger partial charge in [0.25, 0.3) is 0 Å². The van der Waals surface area contributed by atoms with Crippen molar-refractivity contribution in [2.45, 2.75) is 31.7 Å². The standard InChI is InChI=1S/C24H22ClFN2O4S/c25-16-8-9-20(32-13-22(30)31)17(12-16)23-24-19(27-14-33-24)10-11-28(23)21(29)7-3-5-15-4-1-2-6-18(15)26/h1-2,4,6,8-9,12,14,23H,3,5,7,10-11,13H2,(H,30,31). The van der Waals surface area contributed by atoms with E-state index < -0.39 is 18.6 Å². The zero-order valence-electron chi connectivity index (χ0n) is 17.7. The largest absolute Gasteiger partial charge is 0.482 e. The number of carbonyl (C=O) groups excluding carboxylic acids is 1. The van der Waals surface area contributed by atoms with Gasteiger partial charge >= 0.3 is 5.97 Å². The van der Waals surface area contributed by atoms with Crippen LogP contribution < -0.4 is 4.74 Å². The topological polar surface area (TPSA) is 79.7 Å². The zero-order chi connectivity index (χ0) is 23.4. The summed E-state index contributed by atoms with van der Waals surface area (Å²) in [6, 6.07) is 11.0. The molecule has 1 amide bonds. The van der Waals surface area contributed by atoms with Gasteiger partial charge in [0, 0.05) is 30.0 Å². The van der Waals surface area contributed by atoms with Crippen molar-refractivity contribution in [2.75, 3.05) is 13.2 Å². The van der Waals surface area contributed by atoms with Gasteiger partial charge in [0.05, 0.1) is 22.1 Å². The molecule has 1 aliphatic heterocycles. The molecule has 172 valence electrons. The fraction of sp³-hybridized carbons (Fsp3) is 0.292. The van der Waals surface area contributed by atoms with Crippen molar-refractivity contribution in [1.82, 2.24) is 9.88 Å². The number of thiazole rings is 1. The van der Waals surface area contributed by atoms with Crippen molar-refractivity contribution in [2.24, 2.45) is 0 Å². The molecule has 2 heterocycles. The maximum atomic E-state index is 13.9. The summed E-state index contributed by atoms with van der Waals surface area (Å²) in [4.78, 5) is 31.5. The van der Waals surface area contributed by atoms with Crippen molar-refractivity contribution in [3.63, 3.8) is 0 Å². The number of amides is 1. The van der Waals surface area contributed by atoms with E-state index in [1.54, 1.807) is 46.8 Å². The van der Waals surface area contributed by atoms with Crippen LogP contribution in [0.15, 0.2) is 48.0 Å². The Bertz CT molecular complexity index is 1170. The van der Waals surface area contributed by atoms with Crippen LogP contribution in [0.4, 0.5) is 4.39 Å². The van der Waals surface area contributed by atoms with Crippen LogP contribution >= 0.6 is 22.9 Å². The van der Waals surface area contributed by atoms with Crippen molar-refractivity contribution in [1.29, 1.82) is 0 Å². The smallest absolute Gasteiger partial charge is 0.341 e. The lowest BCUT2D eigenvalue weighted by atomic mass is 9.95. The lowest BCUT2D eigenvalue weighted by Crippen LogP contribution is -2.40. The number of hydrogen-bond donors (Lipinski definition) is 1. The number of aromatic nitrogens is 1. The maximum Gasteiger partial charge on any atom is 0.341 e. The first-order valence-electron chi connectivity index (χ1n) is 10.5. The summed E-state index contributed by atoms with van der Waals surface area (Å²) in [5, 5.41) is 9.51. The zero-order valence-corrected chi connectivity index (χ0v) is 19.2. The molecule has 3 aromatic rings. The molecule has 33 heavy (non-hydrogen) atoms. The molecule has 0 radical (unpaired) electrons. The summed E-state index contributed by atoms with van der Waals surface area (Å²) in [5.74, 6) is -1.08. The van der Waals surface area contributed by atoms with E-state index in [1.165, 1.54) is 17.4 Å². The second kappa shape index (κ2) is 10.3. The molecule has 1 aliphatic rings. The minimum Gasteiger partial charge on any atom is -0.482 e. The summed E-state index contributed by atoms with van der Waals surface area (Å²) in [6.45, 7) is -0.0434. The first-order valence-corrected chi connectivity index (χ1v) is 11.8. The molecule has 0 fully saturated rings. The number of aryl methyl sites for hydroxylation is 1. The van der Waals surface area contributed by atoms with Crippen molar-refractivity contribution < 1.29 is 23.8 Å². The Morgan fingerprint density at radius 3 is 2.88 bits per heavy atom. The number of aliphatic carboxylic acids is 1. The molecule has 1 unspecified atom stereocenters. The predicted molar refractivity (Wildman–Crippen MR) is 123 cm³/mol. The summed E-state index contributed by atoms with van der Waals surface area (Å²) in [5.41, 5.74) is 3.86. The molecule has 2 aromatic carbocycles. The fourth-order valence-electron chi connectivity index (χ4n) is 4.04. The molecule has 0 saturated heterocycles. The fourth-order valence-corrected chi connectivity index (χ4v) is 5.19. The first-order chi connectivity index (χ1) is 15.9. The van der Waals surface area contributed by atoms with Crippen LogP contribution in [-0.4, -0.2) is 40.0 Å². The molecule has 0 bridgehead atoms. The SMILES string of the molecule is O=C(O)COc1ccc(Cl)cc1C1c2scnc2CCN1C(=O)CCCc1ccccc1F. The summed E-state index contributed by atoms with van der Waals surface area (Å²) in [7, 11) is 0. The third-order valence-electron chi connectivity index (χ3n) is 5.55. The predicted octanol–water partition coefficient (Wildman–Crippen LogP) is 4.90. The number of nitrogens with zero attached hydrogens (tertiary/aromatic N) is 2. The number of fused-ring (bicyclic) bond motifs is 1. The number of halogens is 2. The Labute approximate surface area is 199 Å². The minimum absolute atomic E-state index is 0.0699. The number of ether oxygens (including phenoxy) is 1. The quantitative estimate of drug-likeness (QED) is 0.488. The third kappa shape index (κ3) is 5.34. The van der Waals surface area contributed by atoms with Crippen molar-refractivity contribution in [3.8, 4) is 5.75 Å². The number of carbonyl (C=O) groups is 2. The van der Waals surface area contributed by atoms with Crippen LogP contribution in [0.1, 0.15) is 40.6 Å². The third-order valence-corrected chi connectivity index (χ3v) is 6.71. The van der Waals surface area contributed by atoms with E-state index in [9.17, 15) is 14.0 Å². The number of carboxylic acid groups (broad SMARTS) is 1. The second-order valence-corrected chi connectivity index (χ2v) is 9.04. The molecule has 0 aliphatic carbocycles. The van der Waals surface area contributed by atoms with E-state index in [2.05, 4.69) is 4.98 Å². The monoisotopic (exact) mass is 488 g/mol. The molecule has 1 N–H and O–H groups in total. The maximum absolute atomic E-state index is 13.9. The Morgan fingerprint density at radius 2 is 2.09 bits per heavy atom. The summed E-state index contributed by atoms with van der Waals surface area (Å²) >= 11 is 7.71. The number of hydrogen-bond acceptors (Lipinski definition) is 5. The van der Waals surface area contributed by atoms with Gasteiger partial charge in [-0.3, -0.25) is 4.79 Å². The Kier molecular flexibility index (Phi) is 7.25. The number of carboxylic acids is 1. The highest BCUT2D eigenvalue weighted by molar-refractivity contribution is 7.09. The molecule has 0 spiro atoms. The molecule has 6 nitrogen and oxygen atoms in total. The molecular weight excluding hydrogens is 467 g/mol. The lowest BCUT2D eigenvalue weighted by Gasteiger charge is -2.36. The van der Waals surface area contributed by atoms with Gasteiger partial charge in [-0.15, -0.1) is 11.3 Å². The van der Waals surface area contributed by atoms with E-state index in [1.807, 2.05) is 0 Å². The van der Waals surface area contributed by atoms with Crippen molar-refractivity contribution >= 4 is 34.8 Å². The first kappa shape index (κ1) is 23.2. The Hall–Kier alpha value is -2.97.